The van der Waals surface area contributed by atoms with E-state index in [4.69, 9.17) is 15.2 Å². The Morgan fingerprint density at radius 3 is 2.52 bits per heavy atom. The molecule has 4 nitrogen and oxygen atoms in total. The Labute approximate surface area is 126 Å². The molecule has 2 saturated heterocycles. The van der Waals surface area contributed by atoms with E-state index in [9.17, 15) is 0 Å². The van der Waals surface area contributed by atoms with Crippen molar-refractivity contribution in [3.63, 3.8) is 0 Å². The molecule has 3 aliphatic rings. The summed E-state index contributed by atoms with van der Waals surface area (Å²) in [5.74, 6) is 1.79. The SMILES string of the molecule is NC1CC2CCC(C1)N2CCc1ccc2c(c1)OCCO2. The first kappa shape index (κ1) is 13.4. The van der Waals surface area contributed by atoms with Gasteiger partial charge in [0.1, 0.15) is 13.2 Å². The van der Waals surface area contributed by atoms with Gasteiger partial charge in [-0.2, -0.15) is 0 Å². The van der Waals surface area contributed by atoms with Gasteiger partial charge in [-0.3, -0.25) is 4.90 Å². The zero-order chi connectivity index (χ0) is 14.2. The van der Waals surface area contributed by atoms with E-state index in [1.807, 2.05) is 6.07 Å². The van der Waals surface area contributed by atoms with Gasteiger partial charge in [0.15, 0.2) is 11.5 Å². The van der Waals surface area contributed by atoms with E-state index in [1.54, 1.807) is 0 Å². The van der Waals surface area contributed by atoms with Crippen LogP contribution in [0.4, 0.5) is 0 Å². The number of ether oxygens (including phenoxy) is 2. The fourth-order valence-corrected chi connectivity index (χ4v) is 4.18. The molecule has 21 heavy (non-hydrogen) atoms. The van der Waals surface area contributed by atoms with Crippen LogP contribution in [-0.2, 0) is 6.42 Å². The Kier molecular flexibility index (Phi) is 3.51. The highest BCUT2D eigenvalue weighted by Gasteiger charge is 2.38. The average Bonchev–Trinajstić information content (AvgIpc) is 2.75. The molecule has 2 N–H and O–H groups in total. The van der Waals surface area contributed by atoms with E-state index in [-0.39, 0.29) is 0 Å². The van der Waals surface area contributed by atoms with Gasteiger partial charge in [-0.15, -0.1) is 0 Å². The number of nitrogens with zero attached hydrogens (tertiary/aromatic N) is 1. The van der Waals surface area contributed by atoms with Crippen LogP contribution in [0.15, 0.2) is 18.2 Å². The summed E-state index contributed by atoms with van der Waals surface area (Å²) < 4.78 is 11.2. The van der Waals surface area contributed by atoms with Crippen LogP contribution in [0.25, 0.3) is 0 Å². The molecule has 3 aliphatic heterocycles. The van der Waals surface area contributed by atoms with Crippen LogP contribution in [0.3, 0.4) is 0 Å². The Morgan fingerprint density at radius 1 is 1.05 bits per heavy atom. The summed E-state index contributed by atoms with van der Waals surface area (Å²) in [7, 11) is 0. The summed E-state index contributed by atoms with van der Waals surface area (Å²) in [5.41, 5.74) is 7.49. The molecular formula is C17H24N2O2. The van der Waals surface area contributed by atoms with Crippen LogP contribution >= 0.6 is 0 Å². The van der Waals surface area contributed by atoms with Gasteiger partial charge >= 0.3 is 0 Å². The first-order valence-electron chi connectivity index (χ1n) is 8.19. The van der Waals surface area contributed by atoms with Gasteiger partial charge in [-0.25, -0.2) is 0 Å². The van der Waals surface area contributed by atoms with Crippen molar-refractivity contribution in [3.8, 4) is 11.5 Å². The quantitative estimate of drug-likeness (QED) is 0.923. The lowest BCUT2D eigenvalue weighted by Gasteiger charge is -2.37. The molecular weight excluding hydrogens is 264 g/mol. The molecule has 0 saturated carbocycles. The molecule has 2 atom stereocenters. The topological polar surface area (TPSA) is 47.7 Å². The second-order valence-electron chi connectivity index (χ2n) is 6.58. The minimum Gasteiger partial charge on any atom is -0.486 e. The van der Waals surface area contributed by atoms with Crippen LogP contribution in [0, 0.1) is 0 Å². The number of hydrogen-bond donors (Lipinski definition) is 1. The number of rotatable bonds is 3. The average molecular weight is 288 g/mol. The summed E-state index contributed by atoms with van der Waals surface area (Å²) in [6.45, 7) is 2.45. The highest BCUT2D eigenvalue weighted by atomic mass is 16.6. The minimum absolute atomic E-state index is 0.424. The van der Waals surface area contributed by atoms with Crippen LogP contribution in [0.2, 0.25) is 0 Å². The van der Waals surface area contributed by atoms with E-state index >= 15 is 0 Å². The van der Waals surface area contributed by atoms with Crippen molar-refractivity contribution in [2.45, 2.75) is 50.2 Å². The first-order valence-corrected chi connectivity index (χ1v) is 8.19. The van der Waals surface area contributed by atoms with E-state index in [1.165, 1.54) is 31.2 Å². The molecule has 2 fully saturated rings. The maximum absolute atomic E-state index is 6.14. The van der Waals surface area contributed by atoms with E-state index < -0.39 is 0 Å². The van der Waals surface area contributed by atoms with E-state index in [0.29, 0.717) is 19.3 Å². The zero-order valence-electron chi connectivity index (χ0n) is 12.5. The fourth-order valence-electron chi connectivity index (χ4n) is 4.18. The molecule has 3 heterocycles. The Balaban J connectivity index is 1.41. The highest BCUT2D eigenvalue weighted by Crippen LogP contribution is 2.35. The largest absolute Gasteiger partial charge is 0.486 e. The Bertz CT molecular complexity index is 506. The van der Waals surface area contributed by atoms with Crippen molar-refractivity contribution in [2.75, 3.05) is 19.8 Å². The van der Waals surface area contributed by atoms with Crippen molar-refractivity contribution >= 4 is 0 Å². The van der Waals surface area contributed by atoms with E-state index in [2.05, 4.69) is 17.0 Å². The Morgan fingerprint density at radius 2 is 1.76 bits per heavy atom. The summed E-state index contributed by atoms with van der Waals surface area (Å²) in [6, 6.07) is 8.22. The van der Waals surface area contributed by atoms with Gasteiger partial charge in [0.05, 0.1) is 0 Å². The predicted octanol–water partition coefficient (Wildman–Crippen LogP) is 1.95. The van der Waals surface area contributed by atoms with Gasteiger partial charge in [-0.1, -0.05) is 6.07 Å². The standard InChI is InChI=1S/C17H24N2O2/c18-13-10-14-2-3-15(11-13)19(14)6-5-12-1-4-16-17(9-12)21-8-7-20-16/h1,4,9,13-15H,2-3,5-8,10-11,18H2. The maximum atomic E-state index is 6.14. The van der Waals surface area contributed by atoms with Gasteiger partial charge in [0.25, 0.3) is 0 Å². The van der Waals surface area contributed by atoms with Gasteiger partial charge < -0.3 is 15.2 Å². The highest BCUT2D eigenvalue weighted by molar-refractivity contribution is 5.43. The van der Waals surface area contributed by atoms with Gasteiger partial charge in [0.2, 0.25) is 0 Å². The van der Waals surface area contributed by atoms with E-state index in [0.717, 1.165) is 36.5 Å². The van der Waals surface area contributed by atoms with Crippen molar-refractivity contribution in [3.05, 3.63) is 23.8 Å². The summed E-state index contributed by atoms with van der Waals surface area (Å²) in [5, 5.41) is 0. The first-order chi connectivity index (χ1) is 10.3. The van der Waals surface area contributed by atoms with Crippen molar-refractivity contribution in [1.29, 1.82) is 0 Å². The molecule has 1 aromatic rings. The van der Waals surface area contributed by atoms with Gasteiger partial charge in [-0.05, 0) is 49.8 Å². The fraction of sp³-hybridized carbons (Fsp3) is 0.647. The molecule has 4 rings (SSSR count). The zero-order valence-corrected chi connectivity index (χ0v) is 12.5. The minimum atomic E-state index is 0.424. The van der Waals surface area contributed by atoms with Crippen LogP contribution in [-0.4, -0.2) is 42.8 Å². The lowest BCUT2D eigenvalue weighted by Crippen LogP contribution is -2.48. The van der Waals surface area contributed by atoms with Gasteiger partial charge in [0, 0.05) is 24.7 Å². The summed E-state index contributed by atoms with van der Waals surface area (Å²) in [6.07, 6.45) is 6.10. The molecule has 114 valence electrons. The van der Waals surface area contributed by atoms with Crippen molar-refractivity contribution in [2.24, 2.45) is 5.73 Å². The molecule has 2 bridgehead atoms. The molecule has 2 unspecified atom stereocenters. The Hall–Kier alpha value is -1.26. The second-order valence-corrected chi connectivity index (χ2v) is 6.58. The smallest absolute Gasteiger partial charge is 0.161 e. The second kappa shape index (κ2) is 5.50. The van der Waals surface area contributed by atoms with Crippen LogP contribution in [0.1, 0.15) is 31.2 Å². The van der Waals surface area contributed by atoms with Crippen LogP contribution in [0.5, 0.6) is 11.5 Å². The number of fused-ring (bicyclic) bond motifs is 3. The molecule has 0 aliphatic carbocycles. The number of piperidine rings is 1. The third-order valence-electron chi connectivity index (χ3n) is 5.19. The number of benzene rings is 1. The normalized spacial score (nSPS) is 31.4. The lowest BCUT2D eigenvalue weighted by molar-refractivity contribution is 0.129. The molecule has 0 spiro atoms. The molecule has 0 aromatic heterocycles. The maximum Gasteiger partial charge on any atom is 0.161 e. The predicted molar refractivity (Wildman–Crippen MR) is 81.9 cm³/mol. The number of nitrogens with two attached hydrogens (primary N) is 1. The third-order valence-corrected chi connectivity index (χ3v) is 5.19. The molecule has 0 amide bonds. The van der Waals surface area contributed by atoms with Crippen LogP contribution < -0.4 is 15.2 Å². The summed E-state index contributed by atoms with van der Waals surface area (Å²) in [4.78, 5) is 2.69. The molecule has 4 heteroatoms. The monoisotopic (exact) mass is 288 g/mol. The molecule has 0 radical (unpaired) electrons. The van der Waals surface area contributed by atoms with Crippen molar-refractivity contribution < 1.29 is 9.47 Å². The summed E-state index contributed by atoms with van der Waals surface area (Å²) >= 11 is 0. The molecule has 1 aromatic carbocycles. The lowest BCUT2D eigenvalue weighted by atomic mass is 9.97. The van der Waals surface area contributed by atoms with Crippen molar-refractivity contribution in [1.82, 2.24) is 4.90 Å². The number of hydrogen-bond acceptors (Lipinski definition) is 4. The third kappa shape index (κ3) is 2.62.